The van der Waals surface area contributed by atoms with E-state index >= 15 is 0 Å². The number of aromatic nitrogens is 4. The Morgan fingerprint density at radius 3 is 1.61 bits per heavy atom. The van der Waals surface area contributed by atoms with Gasteiger partial charge < -0.3 is 18.0 Å². The number of benzene rings is 8. The zero-order valence-electron chi connectivity index (χ0n) is 31.4. The Morgan fingerprint density at radius 2 is 0.915 bits per heavy atom. The zero-order valence-corrected chi connectivity index (χ0v) is 31.4. The SMILES string of the molecule is c1ccc(-n2c3ccccc3c3cc(-c4ccc5c(c4)c4ccccc4n5-c4ccc5nc6c7oc8ccccc8c7c7oc8ccccc8c7n6c5c4)ccc32)cc1. The molecule has 0 saturated carbocycles. The fourth-order valence-electron chi connectivity index (χ4n) is 9.87. The molecule has 0 bridgehead atoms. The van der Waals surface area contributed by atoms with Crippen LogP contribution < -0.4 is 0 Å². The van der Waals surface area contributed by atoms with E-state index in [0.29, 0.717) is 0 Å². The second-order valence-electron chi connectivity index (χ2n) is 15.5. The van der Waals surface area contributed by atoms with E-state index in [2.05, 4.69) is 165 Å². The summed E-state index contributed by atoms with van der Waals surface area (Å²) in [5.74, 6) is 0. The molecule has 59 heavy (non-hydrogen) atoms. The van der Waals surface area contributed by atoms with E-state index in [0.717, 1.165) is 83.1 Å². The summed E-state index contributed by atoms with van der Waals surface area (Å²) in [7, 11) is 0. The summed E-state index contributed by atoms with van der Waals surface area (Å²) in [4.78, 5) is 5.24. The van der Waals surface area contributed by atoms with Crippen molar-refractivity contribution >= 4 is 104 Å². The van der Waals surface area contributed by atoms with E-state index in [-0.39, 0.29) is 0 Å². The highest BCUT2D eigenvalue weighted by molar-refractivity contribution is 6.25. The lowest BCUT2D eigenvalue weighted by Gasteiger charge is -2.10. The van der Waals surface area contributed by atoms with Crippen LogP contribution >= 0.6 is 0 Å². The Hall–Kier alpha value is -8.09. The average molecular weight is 755 g/mol. The molecule has 6 heterocycles. The van der Waals surface area contributed by atoms with E-state index in [9.17, 15) is 0 Å². The van der Waals surface area contributed by atoms with Gasteiger partial charge in [0.05, 0.1) is 38.5 Å². The first-order chi connectivity index (χ1) is 29.3. The van der Waals surface area contributed by atoms with Gasteiger partial charge in [-0.15, -0.1) is 0 Å². The van der Waals surface area contributed by atoms with Gasteiger partial charge in [0.25, 0.3) is 0 Å². The van der Waals surface area contributed by atoms with Gasteiger partial charge in [-0.2, -0.15) is 0 Å². The minimum atomic E-state index is 0.725. The molecule has 0 aliphatic rings. The van der Waals surface area contributed by atoms with Crippen molar-refractivity contribution in [3.05, 3.63) is 182 Å². The highest BCUT2D eigenvalue weighted by Crippen LogP contribution is 2.44. The molecule has 0 spiro atoms. The van der Waals surface area contributed by atoms with E-state index in [4.69, 9.17) is 13.8 Å². The molecule has 14 aromatic rings. The fraction of sp³-hybridized carbons (Fsp3) is 0. The lowest BCUT2D eigenvalue weighted by atomic mass is 10.0. The van der Waals surface area contributed by atoms with E-state index < -0.39 is 0 Å². The maximum atomic E-state index is 6.68. The predicted molar refractivity (Wildman–Crippen MR) is 241 cm³/mol. The molecule has 0 saturated heterocycles. The molecule has 8 aromatic carbocycles. The van der Waals surface area contributed by atoms with Crippen molar-refractivity contribution in [3.63, 3.8) is 0 Å². The summed E-state index contributed by atoms with van der Waals surface area (Å²) >= 11 is 0. The van der Waals surface area contributed by atoms with Crippen molar-refractivity contribution in [3.8, 4) is 22.5 Å². The summed E-state index contributed by atoms with van der Waals surface area (Å²) in [6, 6.07) is 64.9. The first kappa shape index (κ1) is 31.0. The van der Waals surface area contributed by atoms with Crippen LogP contribution in [0, 0.1) is 0 Å². The molecular formula is C53H30N4O2. The number of pyridine rings is 1. The lowest BCUT2D eigenvalue weighted by molar-refractivity contribution is 0.662. The van der Waals surface area contributed by atoms with Crippen LogP contribution in [-0.2, 0) is 0 Å². The monoisotopic (exact) mass is 754 g/mol. The molecule has 0 radical (unpaired) electrons. The Labute approximate surface area is 335 Å². The van der Waals surface area contributed by atoms with Gasteiger partial charge in [-0.1, -0.05) is 97.1 Å². The topological polar surface area (TPSA) is 53.4 Å². The highest BCUT2D eigenvalue weighted by Gasteiger charge is 2.24. The molecule has 6 heteroatoms. The molecule has 0 atom stereocenters. The number of fused-ring (bicyclic) bond motifs is 18. The van der Waals surface area contributed by atoms with Crippen LogP contribution in [0.3, 0.4) is 0 Å². The number of hydrogen-bond donors (Lipinski definition) is 0. The minimum Gasteiger partial charge on any atom is -0.454 e. The maximum Gasteiger partial charge on any atom is 0.182 e. The molecule has 6 aromatic heterocycles. The van der Waals surface area contributed by atoms with Crippen LogP contribution in [0.1, 0.15) is 0 Å². The van der Waals surface area contributed by atoms with Crippen LogP contribution in [0.4, 0.5) is 0 Å². The predicted octanol–water partition coefficient (Wildman–Crippen LogP) is 14.1. The molecule has 0 unspecified atom stereocenters. The van der Waals surface area contributed by atoms with E-state index in [1.807, 2.05) is 30.3 Å². The lowest BCUT2D eigenvalue weighted by Crippen LogP contribution is -1.95. The summed E-state index contributed by atoms with van der Waals surface area (Å²) in [5.41, 5.74) is 16.1. The van der Waals surface area contributed by atoms with Crippen molar-refractivity contribution in [2.75, 3.05) is 0 Å². The third kappa shape index (κ3) is 4.11. The number of nitrogens with zero attached hydrogens (tertiary/aromatic N) is 4. The molecule has 0 aliphatic carbocycles. The Bertz CT molecular complexity index is 4080. The summed E-state index contributed by atoms with van der Waals surface area (Å²) in [5, 5.41) is 7.91. The van der Waals surface area contributed by atoms with Crippen molar-refractivity contribution in [1.82, 2.24) is 18.5 Å². The number of imidazole rings is 1. The molecule has 0 fully saturated rings. The first-order valence-electron chi connectivity index (χ1n) is 20.0. The fourth-order valence-corrected chi connectivity index (χ4v) is 9.87. The Balaban J connectivity index is 0.995. The van der Waals surface area contributed by atoms with Crippen LogP contribution in [0.25, 0.3) is 127 Å². The molecule has 0 N–H and O–H groups in total. The van der Waals surface area contributed by atoms with Gasteiger partial charge in [0.15, 0.2) is 16.8 Å². The molecule has 14 rings (SSSR count). The Morgan fingerprint density at radius 1 is 0.373 bits per heavy atom. The van der Waals surface area contributed by atoms with Crippen LogP contribution in [-0.4, -0.2) is 18.5 Å². The highest BCUT2D eigenvalue weighted by atomic mass is 16.3. The number of furan rings is 2. The van der Waals surface area contributed by atoms with Gasteiger partial charge in [-0.05, 0) is 96.1 Å². The second kappa shape index (κ2) is 11.3. The second-order valence-corrected chi connectivity index (χ2v) is 15.5. The smallest absolute Gasteiger partial charge is 0.182 e. The van der Waals surface area contributed by atoms with Gasteiger partial charge in [0.1, 0.15) is 16.7 Å². The van der Waals surface area contributed by atoms with Gasteiger partial charge in [-0.25, -0.2) is 4.98 Å². The standard InChI is InChI=1S/C53H30N4O2/c1-2-12-33(13-3-1)55-42-18-8-4-14-35(42)39-28-31(22-26-44(39)55)32-23-27-45-40(29-32)36-15-5-9-19-43(36)56(45)34-24-25-41-46(30-34)57-50-38-17-7-11-21-48(38)58-51(50)49-37-16-6-10-20-47(37)59-52(49)53(57)54-41/h1-30H. The Kier molecular flexibility index (Phi) is 5.93. The van der Waals surface area contributed by atoms with E-state index in [1.54, 1.807) is 0 Å². The minimum absolute atomic E-state index is 0.725. The molecule has 6 nitrogen and oxygen atoms in total. The molecule has 0 amide bonds. The van der Waals surface area contributed by atoms with Crippen molar-refractivity contribution < 1.29 is 8.83 Å². The maximum absolute atomic E-state index is 6.68. The summed E-state index contributed by atoms with van der Waals surface area (Å²) in [6.07, 6.45) is 0. The number of rotatable bonds is 3. The van der Waals surface area contributed by atoms with E-state index in [1.165, 1.54) is 43.7 Å². The van der Waals surface area contributed by atoms with Gasteiger partial charge in [0.2, 0.25) is 0 Å². The summed E-state index contributed by atoms with van der Waals surface area (Å²) in [6.45, 7) is 0. The largest absolute Gasteiger partial charge is 0.454 e. The third-order valence-corrected chi connectivity index (χ3v) is 12.4. The number of para-hydroxylation sites is 5. The zero-order chi connectivity index (χ0) is 38.3. The van der Waals surface area contributed by atoms with Crippen LogP contribution in [0.15, 0.2) is 191 Å². The van der Waals surface area contributed by atoms with Crippen molar-refractivity contribution in [2.24, 2.45) is 0 Å². The van der Waals surface area contributed by atoms with Gasteiger partial charge in [0, 0.05) is 43.7 Å². The quantitative estimate of drug-likeness (QED) is 0.180. The summed E-state index contributed by atoms with van der Waals surface area (Å²) < 4.78 is 20.2. The number of hydrogen-bond acceptors (Lipinski definition) is 3. The van der Waals surface area contributed by atoms with Gasteiger partial charge >= 0.3 is 0 Å². The molecule has 274 valence electrons. The van der Waals surface area contributed by atoms with Gasteiger partial charge in [-0.3, -0.25) is 4.40 Å². The van der Waals surface area contributed by atoms with Crippen LogP contribution in [0.2, 0.25) is 0 Å². The molecular weight excluding hydrogens is 725 g/mol. The third-order valence-electron chi connectivity index (χ3n) is 12.4. The van der Waals surface area contributed by atoms with Crippen LogP contribution in [0.5, 0.6) is 0 Å². The van der Waals surface area contributed by atoms with Crippen molar-refractivity contribution in [2.45, 2.75) is 0 Å². The van der Waals surface area contributed by atoms with Crippen molar-refractivity contribution in [1.29, 1.82) is 0 Å². The molecule has 0 aliphatic heterocycles. The first-order valence-corrected chi connectivity index (χ1v) is 20.0. The normalized spacial score (nSPS) is 12.4. The average Bonchev–Trinajstić information content (AvgIpc) is 4.10.